The van der Waals surface area contributed by atoms with Crippen LogP contribution in [0.5, 0.6) is 5.75 Å². The van der Waals surface area contributed by atoms with Gasteiger partial charge in [0.15, 0.2) is 6.61 Å². The van der Waals surface area contributed by atoms with E-state index < -0.39 is 0 Å². The van der Waals surface area contributed by atoms with Gasteiger partial charge in [0.25, 0.3) is 5.91 Å². The van der Waals surface area contributed by atoms with Gasteiger partial charge in [0, 0.05) is 5.69 Å². The van der Waals surface area contributed by atoms with Crippen LogP contribution in [0.4, 0.5) is 0 Å². The number of nitrogens with zero attached hydrogens (tertiary/aromatic N) is 2. The largest absolute Gasteiger partial charge is 0.484 e. The third-order valence-corrected chi connectivity index (χ3v) is 3.40. The molecular formula is C17H22N2O2. The summed E-state index contributed by atoms with van der Waals surface area (Å²) in [7, 11) is 0. The molecule has 1 aromatic carbocycles. The molecule has 0 amide bonds. The van der Waals surface area contributed by atoms with Crippen molar-refractivity contribution in [3.8, 4) is 5.75 Å². The predicted octanol–water partition coefficient (Wildman–Crippen LogP) is 3.42. The molecule has 112 valence electrons. The van der Waals surface area contributed by atoms with Gasteiger partial charge in [-0.15, -0.1) is 0 Å². The Bertz CT molecular complexity index is 615. The van der Waals surface area contributed by atoms with Gasteiger partial charge in [-0.1, -0.05) is 32.0 Å². The highest BCUT2D eigenvalue weighted by atomic mass is 16.5. The van der Waals surface area contributed by atoms with Crippen molar-refractivity contribution in [1.29, 1.82) is 0 Å². The van der Waals surface area contributed by atoms with Crippen LogP contribution in [0.2, 0.25) is 0 Å². The number of rotatable bonds is 5. The Labute approximate surface area is 125 Å². The summed E-state index contributed by atoms with van der Waals surface area (Å²) in [6.45, 7) is 8.21. The van der Waals surface area contributed by atoms with Gasteiger partial charge in [-0.2, -0.15) is 5.10 Å². The van der Waals surface area contributed by atoms with E-state index in [4.69, 9.17) is 4.74 Å². The summed E-state index contributed by atoms with van der Waals surface area (Å²) >= 11 is 0. The molecular weight excluding hydrogens is 264 g/mol. The summed E-state index contributed by atoms with van der Waals surface area (Å²) in [4.78, 5) is 12.3. The Morgan fingerprint density at radius 3 is 2.52 bits per heavy atom. The molecule has 0 atom stereocenters. The maximum Gasteiger partial charge on any atom is 0.284 e. The summed E-state index contributed by atoms with van der Waals surface area (Å²) in [5, 5.41) is 4.36. The van der Waals surface area contributed by atoms with Gasteiger partial charge in [0.1, 0.15) is 5.75 Å². The molecule has 1 aromatic heterocycles. The van der Waals surface area contributed by atoms with E-state index in [1.54, 1.807) is 0 Å². The second-order valence-electron chi connectivity index (χ2n) is 5.65. The molecule has 0 radical (unpaired) electrons. The SMILES string of the molecule is Cc1nn(C(=O)COc2ccccc2)c(C)c1CC(C)C. The van der Waals surface area contributed by atoms with Crippen LogP contribution in [0.1, 0.15) is 35.6 Å². The minimum Gasteiger partial charge on any atom is -0.484 e. The van der Waals surface area contributed by atoms with E-state index in [1.807, 2.05) is 44.2 Å². The predicted molar refractivity (Wildman–Crippen MR) is 82.8 cm³/mol. The number of para-hydroxylation sites is 1. The highest BCUT2D eigenvalue weighted by Gasteiger charge is 2.17. The van der Waals surface area contributed by atoms with Crippen LogP contribution in [-0.4, -0.2) is 22.3 Å². The number of ether oxygens (including phenoxy) is 1. The number of aryl methyl sites for hydroxylation is 1. The molecule has 0 aliphatic rings. The summed E-state index contributed by atoms with van der Waals surface area (Å²) in [6, 6.07) is 9.33. The molecule has 4 heteroatoms. The lowest BCUT2D eigenvalue weighted by Gasteiger charge is -2.07. The second kappa shape index (κ2) is 6.57. The number of carbonyl (C=O) groups excluding carboxylic acids is 1. The van der Waals surface area contributed by atoms with Crippen LogP contribution < -0.4 is 4.74 Å². The quantitative estimate of drug-likeness (QED) is 0.846. The molecule has 0 unspecified atom stereocenters. The summed E-state index contributed by atoms with van der Waals surface area (Å²) in [6.07, 6.45) is 0.935. The molecule has 0 spiro atoms. The fourth-order valence-electron chi connectivity index (χ4n) is 2.34. The van der Waals surface area contributed by atoms with Crippen molar-refractivity contribution in [1.82, 2.24) is 9.78 Å². The van der Waals surface area contributed by atoms with Gasteiger partial charge in [-0.25, -0.2) is 4.68 Å². The van der Waals surface area contributed by atoms with E-state index >= 15 is 0 Å². The molecule has 0 saturated heterocycles. The van der Waals surface area contributed by atoms with Crippen molar-refractivity contribution in [3.63, 3.8) is 0 Å². The maximum absolute atomic E-state index is 12.3. The average molecular weight is 286 g/mol. The first-order valence-electron chi connectivity index (χ1n) is 7.25. The molecule has 0 fully saturated rings. The Morgan fingerprint density at radius 1 is 1.24 bits per heavy atom. The van der Waals surface area contributed by atoms with Gasteiger partial charge in [-0.3, -0.25) is 4.79 Å². The summed E-state index contributed by atoms with van der Waals surface area (Å²) < 4.78 is 6.97. The Balaban J connectivity index is 2.09. The molecule has 2 rings (SSSR count). The molecule has 4 nitrogen and oxygen atoms in total. The van der Waals surface area contributed by atoms with Crippen molar-refractivity contribution in [2.75, 3.05) is 6.61 Å². The Morgan fingerprint density at radius 2 is 1.90 bits per heavy atom. The Kier molecular flexibility index (Phi) is 4.78. The molecule has 0 aliphatic carbocycles. The number of hydrogen-bond acceptors (Lipinski definition) is 3. The molecule has 21 heavy (non-hydrogen) atoms. The third kappa shape index (κ3) is 3.72. The standard InChI is InChI=1S/C17H22N2O2/c1-12(2)10-16-13(3)18-19(14(16)4)17(20)11-21-15-8-6-5-7-9-15/h5-9,12H,10-11H2,1-4H3. The van der Waals surface area contributed by atoms with Gasteiger partial charge >= 0.3 is 0 Å². The van der Waals surface area contributed by atoms with E-state index in [0.29, 0.717) is 11.7 Å². The highest BCUT2D eigenvalue weighted by Crippen LogP contribution is 2.17. The molecule has 2 aromatic rings. The molecule has 0 bridgehead atoms. The van der Waals surface area contributed by atoms with E-state index in [9.17, 15) is 4.79 Å². The lowest BCUT2D eigenvalue weighted by Crippen LogP contribution is -2.21. The van der Waals surface area contributed by atoms with Crippen molar-refractivity contribution in [3.05, 3.63) is 47.3 Å². The van der Waals surface area contributed by atoms with Crippen LogP contribution in [-0.2, 0) is 6.42 Å². The molecule has 0 saturated carbocycles. The minimum absolute atomic E-state index is 0.00685. The fourth-order valence-corrected chi connectivity index (χ4v) is 2.34. The van der Waals surface area contributed by atoms with Crippen LogP contribution in [0.3, 0.4) is 0 Å². The van der Waals surface area contributed by atoms with Gasteiger partial charge in [-0.05, 0) is 43.9 Å². The zero-order valence-electron chi connectivity index (χ0n) is 13.1. The molecule has 0 aliphatic heterocycles. The van der Waals surface area contributed by atoms with E-state index in [1.165, 1.54) is 4.68 Å². The smallest absolute Gasteiger partial charge is 0.284 e. The summed E-state index contributed by atoms with van der Waals surface area (Å²) in [5.74, 6) is 1.08. The van der Waals surface area contributed by atoms with Crippen molar-refractivity contribution >= 4 is 5.91 Å². The zero-order valence-corrected chi connectivity index (χ0v) is 13.1. The molecule has 1 heterocycles. The van der Waals surface area contributed by atoms with Crippen molar-refractivity contribution < 1.29 is 9.53 Å². The molecule has 0 N–H and O–H groups in total. The monoisotopic (exact) mass is 286 g/mol. The van der Waals surface area contributed by atoms with Gasteiger partial charge in [0.2, 0.25) is 0 Å². The van der Waals surface area contributed by atoms with E-state index in [2.05, 4.69) is 18.9 Å². The zero-order chi connectivity index (χ0) is 15.4. The van der Waals surface area contributed by atoms with Crippen LogP contribution in [0, 0.1) is 19.8 Å². The van der Waals surface area contributed by atoms with Crippen molar-refractivity contribution in [2.45, 2.75) is 34.1 Å². The summed E-state index contributed by atoms with van der Waals surface area (Å²) in [5.41, 5.74) is 3.01. The first-order valence-corrected chi connectivity index (χ1v) is 7.25. The van der Waals surface area contributed by atoms with E-state index in [0.717, 1.165) is 23.4 Å². The van der Waals surface area contributed by atoms with Crippen LogP contribution in [0.15, 0.2) is 30.3 Å². The fraction of sp³-hybridized carbons (Fsp3) is 0.412. The first-order chi connectivity index (χ1) is 9.99. The topological polar surface area (TPSA) is 44.1 Å². The normalized spacial score (nSPS) is 10.9. The Hall–Kier alpha value is -2.10. The first kappa shape index (κ1) is 15.3. The number of carbonyl (C=O) groups is 1. The van der Waals surface area contributed by atoms with Gasteiger partial charge in [0.05, 0.1) is 5.69 Å². The van der Waals surface area contributed by atoms with Crippen LogP contribution >= 0.6 is 0 Å². The maximum atomic E-state index is 12.3. The van der Waals surface area contributed by atoms with Crippen molar-refractivity contribution in [2.24, 2.45) is 5.92 Å². The lowest BCUT2D eigenvalue weighted by molar-refractivity contribution is 0.0818. The highest BCUT2D eigenvalue weighted by molar-refractivity contribution is 5.80. The third-order valence-electron chi connectivity index (χ3n) is 3.40. The lowest BCUT2D eigenvalue weighted by atomic mass is 10.0. The van der Waals surface area contributed by atoms with E-state index in [-0.39, 0.29) is 12.5 Å². The number of hydrogen-bond donors (Lipinski definition) is 0. The number of aromatic nitrogens is 2. The second-order valence-corrected chi connectivity index (χ2v) is 5.65. The van der Waals surface area contributed by atoms with Crippen LogP contribution in [0.25, 0.3) is 0 Å². The average Bonchev–Trinajstić information content (AvgIpc) is 2.73. The van der Waals surface area contributed by atoms with Gasteiger partial charge < -0.3 is 4.74 Å². The number of benzene rings is 1. The minimum atomic E-state index is -0.144.